The molecule has 1 heterocycles. The van der Waals surface area contributed by atoms with Crippen LogP contribution in [0.2, 0.25) is 0 Å². The first kappa shape index (κ1) is 23.2. The van der Waals surface area contributed by atoms with Gasteiger partial charge in [-0.3, -0.25) is 9.59 Å². The summed E-state index contributed by atoms with van der Waals surface area (Å²) in [5.41, 5.74) is -1.00. The molecule has 0 bridgehead atoms. The van der Waals surface area contributed by atoms with Crippen molar-refractivity contribution >= 4 is 11.9 Å². The zero-order chi connectivity index (χ0) is 21.6. The van der Waals surface area contributed by atoms with Crippen molar-refractivity contribution < 1.29 is 49.3 Å². The molecule has 10 nitrogen and oxygen atoms in total. The fourth-order valence-electron chi connectivity index (χ4n) is 2.87. The minimum atomic E-state index is -1.80. The first-order valence-corrected chi connectivity index (χ1v) is 9.04. The average molecular weight is 414 g/mol. The molecule has 0 unspecified atom stereocenters. The number of carbonyl (C=O) groups is 2. The maximum absolute atomic E-state index is 11.9. The van der Waals surface area contributed by atoms with Crippen LogP contribution in [-0.4, -0.2) is 80.4 Å². The number of aliphatic carboxylic acids is 1. The van der Waals surface area contributed by atoms with Crippen LogP contribution in [0, 0.1) is 0 Å². The van der Waals surface area contributed by atoms with Crippen molar-refractivity contribution in [3.63, 3.8) is 0 Å². The number of benzene rings is 1. The lowest BCUT2D eigenvalue weighted by molar-refractivity contribution is -0.304. The Bertz CT molecular complexity index is 677. The van der Waals surface area contributed by atoms with Crippen molar-refractivity contribution in [1.29, 1.82) is 0 Å². The molecule has 0 aliphatic carbocycles. The Hall–Kier alpha value is -2.08. The molecule has 1 saturated heterocycles. The molecule has 29 heavy (non-hydrogen) atoms. The Morgan fingerprint density at radius 1 is 1.07 bits per heavy atom. The molecule has 0 spiro atoms. The van der Waals surface area contributed by atoms with E-state index in [1.807, 2.05) is 6.07 Å². The fraction of sp³-hybridized carbons (Fsp3) is 0.579. The van der Waals surface area contributed by atoms with Gasteiger partial charge in [0.2, 0.25) is 0 Å². The molecule has 1 fully saturated rings. The van der Waals surface area contributed by atoms with Gasteiger partial charge in [-0.25, -0.2) is 0 Å². The largest absolute Gasteiger partial charge is 0.481 e. The standard InChI is InChI=1S/C19H26O10/c1-19(26,7-13(20)21)8-14(22)27-10-12-15(23)16(24)17(25)18(29-12)28-9-11-5-3-2-4-6-11/h2-6,12,15-18,23-26H,7-10H2,1H3,(H,20,21)/t12-,15-,16+,17-,18-,19+/m0/s1. The highest BCUT2D eigenvalue weighted by atomic mass is 16.7. The third-order valence-corrected chi connectivity index (χ3v) is 4.39. The second-order valence-corrected chi connectivity index (χ2v) is 7.24. The molecular weight excluding hydrogens is 388 g/mol. The van der Waals surface area contributed by atoms with Gasteiger partial charge < -0.3 is 39.7 Å². The molecule has 2 rings (SSSR count). The number of carboxylic acids is 1. The Balaban J connectivity index is 1.90. The Morgan fingerprint density at radius 2 is 1.72 bits per heavy atom. The number of carbonyl (C=O) groups excluding carboxylic acids is 1. The zero-order valence-electron chi connectivity index (χ0n) is 15.9. The molecular formula is C19H26O10. The van der Waals surface area contributed by atoms with Gasteiger partial charge in [-0.15, -0.1) is 0 Å². The van der Waals surface area contributed by atoms with Gasteiger partial charge in [0, 0.05) is 0 Å². The highest BCUT2D eigenvalue weighted by Gasteiger charge is 2.45. The van der Waals surface area contributed by atoms with E-state index in [1.165, 1.54) is 6.92 Å². The van der Waals surface area contributed by atoms with Crippen molar-refractivity contribution in [2.75, 3.05) is 6.61 Å². The number of rotatable bonds is 9. The summed E-state index contributed by atoms with van der Waals surface area (Å²) in [5.74, 6) is -2.18. The van der Waals surface area contributed by atoms with E-state index in [9.17, 15) is 30.0 Å². The highest BCUT2D eigenvalue weighted by Crippen LogP contribution is 2.24. The van der Waals surface area contributed by atoms with E-state index in [0.717, 1.165) is 5.56 Å². The zero-order valence-corrected chi connectivity index (χ0v) is 15.9. The maximum Gasteiger partial charge on any atom is 0.308 e. The summed E-state index contributed by atoms with van der Waals surface area (Å²) in [4.78, 5) is 22.6. The van der Waals surface area contributed by atoms with Crippen molar-refractivity contribution in [2.45, 2.75) is 62.7 Å². The first-order chi connectivity index (χ1) is 13.6. The summed E-state index contributed by atoms with van der Waals surface area (Å²) >= 11 is 0. The molecule has 0 radical (unpaired) electrons. The van der Waals surface area contributed by atoms with Crippen molar-refractivity contribution in [1.82, 2.24) is 0 Å². The molecule has 162 valence electrons. The minimum Gasteiger partial charge on any atom is -0.481 e. The van der Waals surface area contributed by atoms with E-state index >= 15 is 0 Å². The topological polar surface area (TPSA) is 163 Å². The number of aliphatic hydroxyl groups is 4. The summed E-state index contributed by atoms with van der Waals surface area (Å²) in [6, 6.07) is 9.02. The monoisotopic (exact) mass is 414 g/mol. The predicted octanol–water partition coefficient (Wildman–Crippen LogP) is -0.830. The van der Waals surface area contributed by atoms with Crippen molar-refractivity contribution in [3.8, 4) is 0 Å². The van der Waals surface area contributed by atoms with E-state index in [-0.39, 0.29) is 6.61 Å². The summed E-state index contributed by atoms with van der Waals surface area (Å²) in [5, 5.41) is 48.8. The quantitative estimate of drug-likeness (QED) is 0.322. The van der Waals surface area contributed by atoms with Gasteiger partial charge in [-0.1, -0.05) is 30.3 Å². The van der Waals surface area contributed by atoms with E-state index in [2.05, 4.69) is 0 Å². The van der Waals surface area contributed by atoms with Gasteiger partial charge in [0.25, 0.3) is 0 Å². The lowest BCUT2D eigenvalue weighted by Gasteiger charge is -2.40. The van der Waals surface area contributed by atoms with Crippen LogP contribution in [0.25, 0.3) is 0 Å². The fourth-order valence-corrected chi connectivity index (χ4v) is 2.87. The Morgan fingerprint density at radius 3 is 2.34 bits per heavy atom. The summed E-state index contributed by atoms with van der Waals surface area (Å²) in [7, 11) is 0. The van der Waals surface area contributed by atoms with Crippen LogP contribution in [0.5, 0.6) is 0 Å². The molecule has 0 aromatic heterocycles. The Kier molecular flexibility index (Phi) is 8.08. The molecule has 1 aliphatic heterocycles. The highest BCUT2D eigenvalue weighted by molar-refractivity contribution is 5.73. The third kappa shape index (κ3) is 7.03. The molecule has 5 N–H and O–H groups in total. The third-order valence-electron chi connectivity index (χ3n) is 4.39. The van der Waals surface area contributed by atoms with Crippen LogP contribution >= 0.6 is 0 Å². The summed E-state index contributed by atoms with van der Waals surface area (Å²) in [6.45, 7) is 0.774. The summed E-state index contributed by atoms with van der Waals surface area (Å²) < 4.78 is 15.8. The van der Waals surface area contributed by atoms with E-state index < -0.39 is 67.7 Å². The van der Waals surface area contributed by atoms with Gasteiger partial charge in [0.05, 0.1) is 25.0 Å². The Labute approximate surface area is 167 Å². The smallest absolute Gasteiger partial charge is 0.308 e. The summed E-state index contributed by atoms with van der Waals surface area (Å²) in [6.07, 6.45) is -8.35. The minimum absolute atomic E-state index is 0.0793. The van der Waals surface area contributed by atoms with E-state index in [1.54, 1.807) is 24.3 Å². The predicted molar refractivity (Wildman–Crippen MR) is 96.4 cm³/mol. The normalized spacial score (nSPS) is 29.1. The lowest BCUT2D eigenvalue weighted by Crippen LogP contribution is -2.59. The number of aliphatic hydroxyl groups excluding tert-OH is 3. The molecule has 6 atom stereocenters. The average Bonchev–Trinajstić information content (AvgIpc) is 2.64. The molecule has 10 heteroatoms. The molecule has 0 saturated carbocycles. The van der Waals surface area contributed by atoms with Crippen LogP contribution in [0.1, 0.15) is 25.3 Å². The number of ether oxygens (including phenoxy) is 3. The molecule has 1 aromatic carbocycles. The number of hydrogen-bond donors (Lipinski definition) is 5. The van der Waals surface area contributed by atoms with Crippen molar-refractivity contribution in [2.24, 2.45) is 0 Å². The molecule has 1 aromatic rings. The molecule has 0 amide bonds. The van der Waals surface area contributed by atoms with Gasteiger partial charge in [0.1, 0.15) is 31.0 Å². The second-order valence-electron chi connectivity index (χ2n) is 7.24. The number of carboxylic acid groups (broad SMARTS) is 1. The van der Waals surface area contributed by atoms with Crippen LogP contribution in [0.4, 0.5) is 0 Å². The molecule has 1 aliphatic rings. The van der Waals surface area contributed by atoms with Gasteiger partial charge >= 0.3 is 11.9 Å². The van der Waals surface area contributed by atoms with E-state index in [0.29, 0.717) is 0 Å². The van der Waals surface area contributed by atoms with Crippen LogP contribution < -0.4 is 0 Å². The van der Waals surface area contributed by atoms with Crippen LogP contribution in [-0.2, 0) is 30.4 Å². The van der Waals surface area contributed by atoms with Gasteiger partial charge in [0.15, 0.2) is 6.29 Å². The lowest BCUT2D eigenvalue weighted by atomic mass is 9.98. The van der Waals surface area contributed by atoms with Gasteiger partial charge in [-0.2, -0.15) is 0 Å². The SMILES string of the molecule is C[C@@](O)(CC(=O)O)CC(=O)OC[C@@H]1O[C@H](OCc2ccccc2)[C@@H](O)[C@H](O)[C@H]1O. The second kappa shape index (κ2) is 10.1. The number of hydrogen-bond acceptors (Lipinski definition) is 9. The van der Waals surface area contributed by atoms with Gasteiger partial charge in [-0.05, 0) is 12.5 Å². The van der Waals surface area contributed by atoms with Crippen LogP contribution in [0.15, 0.2) is 30.3 Å². The first-order valence-electron chi connectivity index (χ1n) is 9.04. The van der Waals surface area contributed by atoms with Crippen LogP contribution in [0.3, 0.4) is 0 Å². The van der Waals surface area contributed by atoms with E-state index in [4.69, 9.17) is 19.3 Å². The number of esters is 1. The van der Waals surface area contributed by atoms with Crippen molar-refractivity contribution in [3.05, 3.63) is 35.9 Å². The maximum atomic E-state index is 11.9.